The van der Waals surface area contributed by atoms with Gasteiger partial charge in [0, 0.05) is 36.0 Å². The topological polar surface area (TPSA) is 50.7 Å². The van der Waals surface area contributed by atoms with E-state index in [1.54, 1.807) is 11.3 Å². The minimum atomic E-state index is 0.794. The van der Waals surface area contributed by atoms with Crippen LogP contribution >= 0.6 is 22.9 Å². The number of rotatable bonds is 6. The zero-order valence-electron chi connectivity index (χ0n) is 9.14. The molecular formula is C10H14N4S2. The lowest BCUT2D eigenvalue weighted by Gasteiger charge is -1.99. The van der Waals surface area contributed by atoms with Crippen molar-refractivity contribution in [2.45, 2.75) is 26.3 Å². The third-order valence-corrected chi connectivity index (χ3v) is 3.93. The minimum Gasteiger partial charge on any atom is -0.311 e. The molecule has 0 bridgehead atoms. The Morgan fingerprint density at radius 1 is 1.44 bits per heavy atom. The Hall–Kier alpha value is -0.850. The first kappa shape index (κ1) is 11.6. The van der Waals surface area contributed by atoms with E-state index in [-0.39, 0.29) is 0 Å². The Bertz CT molecular complexity index is 410. The number of aryl methyl sites for hydroxylation is 1. The van der Waals surface area contributed by atoms with Crippen LogP contribution in [0.3, 0.4) is 0 Å². The van der Waals surface area contributed by atoms with E-state index in [1.165, 1.54) is 21.4 Å². The van der Waals surface area contributed by atoms with Gasteiger partial charge in [-0.1, -0.05) is 11.4 Å². The predicted molar refractivity (Wildman–Crippen MR) is 66.8 cm³/mol. The van der Waals surface area contributed by atoms with Crippen molar-refractivity contribution in [3.05, 3.63) is 27.2 Å². The summed E-state index contributed by atoms with van der Waals surface area (Å²) in [4.78, 5) is 5.73. The smallest absolute Gasteiger partial charge is 0.0940 e. The van der Waals surface area contributed by atoms with Gasteiger partial charge in [-0.25, -0.2) is 4.98 Å². The van der Waals surface area contributed by atoms with Crippen molar-refractivity contribution in [1.29, 1.82) is 0 Å². The molecule has 2 rings (SSSR count). The monoisotopic (exact) mass is 254 g/mol. The standard InChI is InChI=1S/C10H14N4S2/c1-2-9-6-12-10(16-9)3-4-11-5-8-7-15-14-13-8/h6-7,11H,2-5H2,1H3. The average molecular weight is 254 g/mol. The largest absolute Gasteiger partial charge is 0.311 e. The van der Waals surface area contributed by atoms with Gasteiger partial charge in [-0.15, -0.1) is 16.4 Å². The maximum atomic E-state index is 4.37. The zero-order valence-corrected chi connectivity index (χ0v) is 10.8. The number of nitrogens with zero attached hydrogens (tertiary/aromatic N) is 3. The molecule has 0 atom stereocenters. The van der Waals surface area contributed by atoms with Crippen molar-refractivity contribution in [2.75, 3.05) is 6.54 Å². The lowest BCUT2D eigenvalue weighted by atomic mass is 10.4. The third kappa shape index (κ3) is 3.33. The fourth-order valence-electron chi connectivity index (χ4n) is 1.30. The first-order valence-electron chi connectivity index (χ1n) is 5.28. The van der Waals surface area contributed by atoms with Crippen molar-refractivity contribution in [2.24, 2.45) is 0 Å². The van der Waals surface area contributed by atoms with Gasteiger partial charge in [0.1, 0.15) is 0 Å². The van der Waals surface area contributed by atoms with Crippen LogP contribution in [0.5, 0.6) is 0 Å². The Kier molecular flexibility index (Phi) is 4.38. The Morgan fingerprint density at radius 3 is 3.06 bits per heavy atom. The summed E-state index contributed by atoms with van der Waals surface area (Å²) in [5.74, 6) is 0. The molecule has 0 aliphatic heterocycles. The number of hydrogen-bond acceptors (Lipinski definition) is 6. The first-order valence-corrected chi connectivity index (χ1v) is 6.94. The van der Waals surface area contributed by atoms with Gasteiger partial charge < -0.3 is 5.32 Å². The highest BCUT2D eigenvalue weighted by atomic mass is 32.1. The van der Waals surface area contributed by atoms with E-state index in [0.29, 0.717) is 0 Å². The number of nitrogens with one attached hydrogen (secondary N) is 1. The lowest BCUT2D eigenvalue weighted by Crippen LogP contribution is -2.16. The molecule has 0 fully saturated rings. The molecule has 2 aromatic heterocycles. The molecule has 0 aromatic carbocycles. The molecule has 16 heavy (non-hydrogen) atoms. The number of thiazole rings is 1. The van der Waals surface area contributed by atoms with E-state index in [4.69, 9.17) is 0 Å². The summed E-state index contributed by atoms with van der Waals surface area (Å²) in [6, 6.07) is 0. The van der Waals surface area contributed by atoms with E-state index in [2.05, 4.69) is 26.8 Å². The molecule has 0 saturated heterocycles. The molecule has 0 amide bonds. The quantitative estimate of drug-likeness (QED) is 0.800. The summed E-state index contributed by atoms with van der Waals surface area (Å²) in [7, 11) is 0. The third-order valence-electron chi connectivity index (χ3n) is 2.18. The molecule has 4 nitrogen and oxygen atoms in total. The van der Waals surface area contributed by atoms with Gasteiger partial charge in [-0.3, -0.25) is 0 Å². The second-order valence-electron chi connectivity index (χ2n) is 3.40. The van der Waals surface area contributed by atoms with E-state index in [0.717, 1.165) is 31.6 Å². The predicted octanol–water partition coefficient (Wildman–Crippen LogP) is 1.89. The Labute approximate surface area is 103 Å². The summed E-state index contributed by atoms with van der Waals surface area (Å²) >= 11 is 3.19. The molecule has 6 heteroatoms. The van der Waals surface area contributed by atoms with Crippen LogP contribution in [0.2, 0.25) is 0 Å². The minimum absolute atomic E-state index is 0.794. The molecule has 2 aromatic rings. The highest BCUT2D eigenvalue weighted by Gasteiger charge is 2.00. The molecule has 0 spiro atoms. The van der Waals surface area contributed by atoms with E-state index in [9.17, 15) is 0 Å². The van der Waals surface area contributed by atoms with Crippen LogP contribution in [-0.4, -0.2) is 21.1 Å². The van der Waals surface area contributed by atoms with Gasteiger partial charge >= 0.3 is 0 Å². The normalized spacial score (nSPS) is 10.8. The van der Waals surface area contributed by atoms with Gasteiger partial charge in [0.25, 0.3) is 0 Å². The SMILES string of the molecule is CCc1cnc(CCNCc2csnn2)s1. The maximum Gasteiger partial charge on any atom is 0.0940 e. The molecule has 0 aliphatic rings. The number of aromatic nitrogens is 3. The van der Waals surface area contributed by atoms with Crippen LogP contribution < -0.4 is 5.32 Å². The van der Waals surface area contributed by atoms with Crippen LogP contribution in [0.4, 0.5) is 0 Å². The summed E-state index contributed by atoms with van der Waals surface area (Å²) < 4.78 is 3.81. The second kappa shape index (κ2) is 6.03. The van der Waals surface area contributed by atoms with Crippen molar-refractivity contribution in [3.63, 3.8) is 0 Å². The molecule has 0 saturated carbocycles. The highest BCUT2D eigenvalue weighted by Crippen LogP contribution is 2.13. The summed E-state index contributed by atoms with van der Waals surface area (Å²) in [5.41, 5.74) is 1.01. The van der Waals surface area contributed by atoms with Crippen molar-refractivity contribution in [3.8, 4) is 0 Å². The molecule has 0 radical (unpaired) electrons. The first-order chi connectivity index (χ1) is 7.88. The van der Waals surface area contributed by atoms with Crippen LogP contribution in [-0.2, 0) is 19.4 Å². The highest BCUT2D eigenvalue weighted by molar-refractivity contribution is 7.11. The van der Waals surface area contributed by atoms with Crippen LogP contribution in [0, 0.1) is 0 Å². The molecule has 0 unspecified atom stereocenters. The lowest BCUT2D eigenvalue weighted by molar-refractivity contribution is 0.671. The summed E-state index contributed by atoms with van der Waals surface area (Å²) in [6.45, 7) is 3.89. The average Bonchev–Trinajstić information content (AvgIpc) is 2.95. The summed E-state index contributed by atoms with van der Waals surface area (Å²) in [6.07, 6.45) is 4.04. The van der Waals surface area contributed by atoms with Gasteiger partial charge in [-0.05, 0) is 18.0 Å². The van der Waals surface area contributed by atoms with Crippen LogP contribution in [0.15, 0.2) is 11.6 Å². The van der Waals surface area contributed by atoms with Gasteiger partial charge in [0.05, 0.1) is 10.7 Å². The molecule has 86 valence electrons. The van der Waals surface area contributed by atoms with Gasteiger partial charge in [0.15, 0.2) is 0 Å². The van der Waals surface area contributed by atoms with Crippen molar-refractivity contribution in [1.82, 2.24) is 19.9 Å². The van der Waals surface area contributed by atoms with Crippen molar-refractivity contribution >= 4 is 22.9 Å². The van der Waals surface area contributed by atoms with E-state index < -0.39 is 0 Å². The molecule has 0 aliphatic carbocycles. The van der Waals surface area contributed by atoms with E-state index >= 15 is 0 Å². The molecular weight excluding hydrogens is 240 g/mol. The van der Waals surface area contributed by atoms with Gasteiger partial charge in [-0.2, -0.15) is 0 Å². The Balaban J connectivity index is 1.68. The van der Waals surface area contributed by atoms with E-state index in [1.807, 2.05) is 11.6 Å². The van der Waals surface area contributed by atoms with Crippen molar-refractivity contribution < 1.29 is 0 Å². The summed E-state index contributed by atoms with van der Waals surface area (Å²) in [5, 5.41) is 10.5. The maximum absolute atomic E-state index is 4.37. The fraction of sp³-hybridized carbons (Fsp3) is 0.500. The van der Waals surface area contributed by atoms with Gasteiger partial charge in [0.2, 0.25) is 0 Å². The molecule has 1 N–H and O–H groups in total. The van der Waals surface area contributed by atoms with Crippen LogP contribution in [0.25, 0.3) is 0 Å². The fourth-order valence-corrected chi connectivity index (χ4v) is 2.61. The zero-order chi connectivity index (χ0) is 11.2. The number of hydrogen-bond donors (Lipinski definition) is 1. The van der Waals surface area contributed by atoms with Crippen LogP contribution in [0.1, 0.15) is 22.5 Å². The Morgan fingerprint density at radius 2 is 2.38 bits per heavy atom. The molecule has 2 heterocycles. The second-order valence-corrected chi connectivity index (χ2v) is 5.21.